The van der Waals surface area contributed by atoms with Crippen LogP contribution in [-0.4, -0.2) is 295 Å². The number of ether oxygens (including phenoxy) is 10. The number of unbranched alkanes of at least 4 members (excludes halogenated alkanes) is 1. The van der Waals surface area contributed by atoms with Crippen LogP contribution in [0.25, 0.3) is 22.5 Å². The molecule has 0 saturated carbocycles. The van der Waals surface area contributed by atoms with E-state index in [1.165, 1.54) is 26.2 Å². The third-order valence-corrected chi connectivity index (χ3v) is 24.4. The number of carbonyl (C=O) groups is 11. The zero-order chi connectivity index (χ0) is 101. The Morgan fingerprint density at radius 2 is 1.17 bits per heavy atom. The van der Waals surface area contributed by atoms with Crippen molar-refractivity contribution in [2.75, 3.05) is 151 Å². The standard InChI is InChI=1S/C61H98N10O13.C40H59N5O9/c1-16-38(9)52(46(82-14)33-48(73)71-32-22-26-45(71)54(83-15)39(10)55(75)64-40(11)53(74)42-23-19-18-20-24-42)69(12)59(79)50(36(5)6)68-58(78)51(37(7)8)70(13)61(81)84-34-41-27-29-43(30-28-41)65-56(76)44(25-21-31-63-60(62)80)66-57(77)49(35(3)4)67-47(72)17-2;1-3-19-49-24-27-53-29-26-51-21-18-45-40-35-13-7-8-14-36(35)44(32-33-11-5-6-12-34(33)39(40)42-43-45)38(47)16-10-9-15-37(46)41-17-20-50-25-28-54-31-30-52-23-22-48-4-2/h18-20,23-24,27-30,35-40,44-46,49-54,74H,16-17,21-22,25-26,31-34H2,1-15H3,(H,64,75)(H,65,76)(H,66,77)(H,67,72)(H,68,78)(H3,62,63,80);5-8,11-14H,3-4,9-10,15-32H2,1-2H3,(H,41,46)/t38?,39-,40-,44?,45+,46-,49+,50+,51+,52+,53-,54-;/m1./s1. The Kier molecular flexibility index (Phi) is 53.1. The summed E-state index contributed by atoms with van der Waals surface area (Å²) in [6.07, 6.45) is 2.12. The summed E-state index contributed by atoms with van der Waals surface area (Å²) in [5, 5.41) is 39.6. The van der Waals surface area contributed by atoms with Crippen molar-refractivity contribution in [1.82, 2.24) is 61.6 Å². The minimum Gasteiger partial charge on any atom is -0.445 e. The average Bonchev–Trinajstić information content (AvgIpc) is 1.59. The summed E-state index contributed by atoms with van der Waals surface area (Å²) in [6.45, 7) is 33.0. The highest BCUT2D eigenvalue weighted by atomic mass is 16.6. The highest BCUT2D eigenvalue weighted by Gasteiger charge is 2.45. The maximum Gasteiger partial charge on any atom is 0.410 e. The summed E-state index contributed by atoms with van der Waals surface area (Å²) in [6, 6.07) is 25.0. The number of amides is 12. The molecule has 10 N–H and O–H groups in total. The largest absolute Gasteiger partial charge is 0.445 e. The molecule has 12 amide bonds. The molecule has 0 spiro atoms. The lowest BCUT2D eigenvalue weighted by molar-refractivity contribution is -0.148. The van der Waals surface area contributed by atoms with Gasteiger partial charge in [0.05, 0.1) is 153 Å². The van der Waals surface area contributed by atoms with Gasteiger partial charge in [0.1, 0.15) is 36.5 Å². The Hall–Kier alpha value is -10.6. The zero-order valence-corrected chi connectivity index (χ0v) is 84.3. The van der Waals surface area contributed by atoms with Gasteiger partial charge in [-0.3, -0.25) is 48.1 Å². The lowest BCUT2D eigenvalue weighted by Crippen LogP contribution is -2.60. The maximum atomic E-state index is 14.8. The van der Waals surface area contributed by atoms with Crippen molar-refractivity contribution in [3.8, 4) is 22.5 Å². The number of hydrogen-bond donors (Lipinski definition) is 9. The second kappa shape index (κ2) is 63.2. The molecule has 2 unspecified atom stereocenters. The van der Waals surface area contributed by atoms with Crippen LogP contribution >= 0.6 is 0 Å². The van der Waals surface area contributed by atoms with Gasteiger partial charge in [-0.2, -0.15) is 0 Å². The predicted molar refractivity (Wildman–Crippen MR) is 525 cm³/mol. The molecule has 12 atom stereocenters. The molecule has 138 heavy (non-hydrogen) atoms. The topological polar surface area (TPSA) is 454 Å². The van der Waals surface area contributed by atoms with Crippen LogP contribution < -0.4 is 47.9 Å². The molecule has 768 valence electrons. The van der Waals surface area contributed by atoms with Gasteiger partial charge >= 0.3 is 12.1 Å². The maximum absolute atomic E-state index is 14.8. The van der Waals surface area contributed by atoms with E-state index in [0.29, 0.717) is 180 Å². The van der Waals surface area contributed by atoms with E-state index < -0.39 is 114 Å². The number of nitrogens with zero attached hydrogens (tertiary/aromatic N) is 7. The minimum absolute atomic E-state index is 0.00347. The van der Waals surface area contributed by atoms with Crippen LogP contribution in [0.1, 0.15) is 190 Å². The molecule has 37 heteroatoms. The Labute approximate surface area is 815 Å². The third kappa shape index (κ3) is 37.9. The average molecular weight is 1930 g/mol. The van der Waals surface area contributed by atoms with Gasteiger partial charge in [-0.15, -0.1) is 5.10 Å². The van der Waals surface area contributed by atoms with Crippen LogP contribution in [0.15, 0.2) is 103 Å². The number of urea groups is 1. The number of rotatable bonds is 62. The van der Waals surface area contributed by atoms with Crippen LogP contribution in [0.2, 0.25) is 0 Å². The van der Waals surface area contributed by atoms with E-state index in [0.717, 1.165) is 46.8 Å². The molecule has 4 aromatic carbocycles. The molecule has 2 aliphatic heterocycles. The molecule has 37 nitrogen and oxygen atoms in total. The first-order chi connectivity index (χ1) is 66.3. The molecule has 1 fully saturated rings. The molecule has 7 rings (SSSR count). The number of aromatic nitrogens is 3. The first kappa shape index (κ1) is 116. The zero-order valence-electron chi connectivity index (χ0n) is 84.3. The van der Waals surface area contributed by atoms with Crippen molar-refractivity contribution in [3.63, 3.8) is 0 Å². The Balaban J connectivity index is 0.000000464. The Bertz CT molecular complexity index is 4510. The number of likely N-dealkylation sites (N-methyl/N-ethyl adjacent to an activating group) is 2. The van der Waals surface area contributed by atoms with Crippen molar-refractivity contribution in [1.29, 1.82) is 0 Å². The van der Waals surface area contributed by atoms with Crippen molar-refractivity contribution < 1.29 is 105 Å². The van der Waals surface area contributed by atoms with E-state index >= 15 is 0 Å². The molecular weight excluding hydrogens is 1780 g/mol. The number of likely N-dealkylation sites (tertiary alicyclic amines) is 1. The van der Waals surface area contributed by atoms with Crippen molar-refractivity contribution in [2.24, 2.45) is 35.3 Å². The van der Waals surface area contributed by atoms with Gasteiger partial charge in [0.2, 0.25) is 53.2 Å². The van der Waals surface area contributed by atoms with E-state index in [4.69, 9.17) is 53.1 Å². The van der Waals surface area contributed by atoms with Gasteiger partial charge in [0.15, 0.2) is 0 Å². The molecule has 1 saturated heterocycles. The highest BCUT2D eigenvalue weighted by molar-refractivity contribution is 6.01. The van der Waals surface area contributed by atoms with Gasteiger partial charge in [-0.1, -0.05) is 173 Å². The number of methoxy groups -OCH3 is 2. The molecule has 1 aromatic heterocycles. The van der Waals surface area contributed by atoms with Gasteiger partial charge in [0.25, 0.3) is 0 Å². The first-order valence-corrected chi connectivity index (χ1v) is 48.9. The number of nitrogens with one attached hydrogen (secondary N) is 7. The molecule has 2 aliphatic rings. The van der Waals surface area contributed by atoms with E-state index in [2.05, 4.69) is 54.5 Å². The Morgan fingerprint density at radius 1 is 0.572 bits per heavy atom. The van der Waals surface area contributed by atoms with Gasteiger partial charge in [-0.25, -0.2) is 14.3 Å². The number of aliphatic hydroxyl groups excluding tert-OH is 1. The van der Waals surface area contributed by atoms with Crippen molar-refractivity contribution in [2.45, 2.75) is 247 Å². The summed E-state index contributed by atoms with van der Waals surface area (Å²) >= 11 is 0. The lowest BCUT2D eigenvalue weighted by atomic mass is 9.89. The second-order valence-electron chi connectivity index (χ2n) is 35.7. The highest BCUT2D eigenvalue weighted by Crippen LogP contribution is 2.42. The summed E-state index contributed by atoms with van der Waals surface area (Å²) in [5.74, 6) is -4.96. The number of anilines is 2. The SMILES string of the molecule is CCC(=O)N[C@H](C(=O)NC(CCCNC(N)=O)C(=O)Nc1ccc(COC(=O)N(C)[C@H](C(=O)N[C@H](C(=O)N(C)[C@@H](C(C)CC)[C@@H](CC(=O)N2CCC[C@H]2[C@H](OC)[C@@H](C)C(=O)N[C@H](C)[C@@H](O)c2ccccc2)OC)C(C)C)C(C)C)cc1)C(C)C.CCCOCCOCCOCCn1nnc2c1-c1ccccc1N(C(=O)CCCCC(=O)NCCOCCOCCOCCOCC)Cc1ccccc1-2. The molecule has 3 heterocycles. The lowest BCUT2D eigenvalue weighted by Gasteiger charge is -2.41. The smallest absolute Gasteiger partial charge is 0.410 e. The molecule has 5 aromatic rings. The quantitative estimate of drug-likeness (QED) is 0.0163. The van der Waals surface area contributed by atoms with E-state index in [9.17, 15) is 57.8 Å². The summed E-state index contributed by atoms with van der Waals surface area (Å²) in [5.41, 5.74) is 12.0. The monoisotopic (exact) mass is 1930 g/mol. The van der Waals surface area contributed by atoms with E-state index in [1.54, 1.807) is 116 Å². The fourth-order valence-corrected chi connectivity index (χ4v) is 16.6. The number of aliphatic hydroxyl groups is 1. The van der Waals surface area contributed by atoms with Gasteiger partial charge in [-0.05, 0) is 117 Å². The van der Waals surface area contributed by atoms with Crippen molar-refractivity contribution >= 4 is 76.7 Å². The molecule has 0 radical (unpaired) electrons. The number of fused-ring (bicyclic) bond motifs is 5. The summed E-state index contributed by atoms with van der Waals surface area (Å²) < 4.78 is 58.1. The van der Waals surface area contributed by atoms with Crippen LogP contribution in [0.5, 0.6) is 0 Å². The van der Waals surface area contributed by atoms with Crippen LogP contribution in [-0.2, 0) is 110 Å². The number of benzene rings is 4. The Morgan fingerprint density at radius 3 is 1.78 bits per heavy atom. The number of primary amides is 1. The normalized spacial score (nSPS) is 15.2. The number of carbonyl (C=O) groups excluding carboxylic acids is 11. The molecular formula is C101H157N15O22. The molecule has 0 bridgehead atoms. The summed E-state index contributed by atoms with van der Waals surface area (Å²) in [7, 11) is 6.10. The van der Waals surface area contributed by atoms with Crippen molar-refractivity contribution in [3.05, 3.63) is 120 Å². The fourth-order valence-electron chi connectivity index (χ4n) is 16.6. The number of para-hydroxylation sites is 1. The van der Waals surface area contributed by atoms with E-state index in [1.807, 2.05) is 97.1 Å². The minimum atomic E-state index is -1.06. The summed E-state index contributed by atoms with van der Waals surface area (Å²) in [4.78, 5) is 154. The number of hydrogen-bond acceptors (Lipinski definition) is 24. The van der Waals surface area contributed by atoms with E-state index in [-0.39, 0.29) is 73.8 Å². The van der Waals surface area contributed by atoms with Gasteiger partial charge < -0.3 is 110 Å². The molecule has 0 aliphatic carbocycles. The number of nitrogens with two attached hydrogens (primary N) is 1. The van der Waals surface area contributed by atoms with Gasteiger partial charge in [0, 0.05) is 97.2 Å². The predicted octanol–water partition coefficient (Wildman–Crippen LogP) is 9.68. The van der Waals surface area contributed by atoms with Crippen LogP contribution in [0, 0.1) is 29.6 Å². The second-order valence-corrected chi connectivity index (χ2v) is 35.7. The van der Waals surface area contributed by atoms with Crippen LogP contribution in [0.4, 0.5) is 21.0 Å². The van der Waals surface area contributed by atoms with Crippen LogP contribution in [0.3, 0.4) is 0 Å². The first-order valence-electron chi connectivity index (χ1n) is 48.9. The fraction of sp³-hybridized carbons (Fsp3) is 0.634. The third-order valence-electron chi connectivity index (χ3n) is 24.4.